The number of likely N-dealkylation sites (tertiary alicyclic amines) is 1. The number of nitrogens with zero attached hydrogens (tertiary/aromatic N) is 3. The van der Waals surface area contributed by atoms with Crippen molar-refractivity contribution in [3.63, 3.8) is 0 Å². The van der Waals surface area contributed by atoms with E-state index in [1.54, 1.807) is 17.0 Å². The Morgan fingerprint density at radius 2 is 2.11 bits per heavy atom. The van der Waals surface area contributed by atoms with Crippen molar-refractivity contribution in [2.24, 2.45) is 0 Å². The third kappa shape index (κ3) is 5.19. The quantitative estimate of drug-likeness (QED) is 0.731. The molecule has 0 saturated carbocycles. The van der Waals surface area contributed by atoms with Crippen molar-refractivity contribution >= 4 is 23.6 Å². The van der Waals surface area contributed by atoms with E-state index in [1.165, 1.54) is 0 Å². The van der Waals surface area contributed by atoms with Crippen molar-refractivity contribution in [2.45, 2.75) is 31.6 Å². The highest BCUT2D eigenvalue weighted by molar-refractivity contribution is 6.30. The van der Waals surface area contributed by atoms with Crippen LogP contribution < -0.4 is 5.32 Å². The second-order valence-electron chi connectivity index (χ2n) is 6.48. The van der Waals surface area contributed by atoms with Gasteiger partial charge in [-0.3, -0.25) is 4.79 Å². The highest BCUT2D eigenvalue weighted by Gasteiger charge is 2.28. The maximum Gasteiger partial charge on any atom is 0.317 e. The minimum atomic E-state index is -0.866. The number of hydrogen-bond acceptors (Lipinski definition) is 5. The maximum atomic E-state index is 12.3. The molecule has 0 radical (unpaired) electrons. The van der Waals surface area contributed by atoms with Crippen molar-refractivity contribution in [3.8, 4) is 11.4 Å². The number of carboxylic acid groups (broad SMARTS) is 1. The molecule has 2 amide bonds. The van der Waals surface area contributed by atoms with Crippen LogP contribution in [0.15, 0.2) is 28.8 Å². The molecule has 1 saturated heterocycles. The van der Waals surface area contributed by atoms with Gasteiger partial charge in [-0.25, -0.2) is 4.79 Å². The first-order chi connectivity index (χ1) is 13.0. The van der Waals surface area contributed by atoms with Gasteiger partial charge in [-0.15, -0.1) is 0 Å². The zero-order chi connectivity index (χ0) is 19.2. The van der Waals surface area contributed by atoms with Crippen LogP contribution in [-0.2, 0) is 4.79 Å². The predicted octanol–water partition coefficient (Wildman–Crippen LogP) is 3.14. The van der Waals surface area contributed by atoms with Crippen molar-refractivity contribution in [1.29, 1.82) is 0 Å². The molecule has 8 nitrogen and oxygen atoms in total. The molecule has 0 aliphatic carbocycles. The van der Waals surface area contributed by atoms with Gasteiger partial charge in [0.1, 0.15) is 0 Å². The molecular formula is C18H21ClN4O4. The summed E-state index contributed by atoms with van der Waals surface area (Å²) in [5.74, 6) is 0.132. The van der Waals surface area contributed by atoms with E-state index in [0.29, 0.717) is 42.8 Å². The van der Waals surface area contributed by atoms with Crippen LogP contribution >= 0.6 is 11.6 Å². The number of rotatable bonds is 6. The van der Waals surface area contributed by atoms with Crippen molar-refractivity contribution in [2.75, 3.05) is 19.6 Å². The van der Waals surface area contributed by atoms with Gasteiger partial charge in [-0.05, 0) is 43.5 Å². The molecule has 0 bridgehead atoms. The maximum absolute atomic E-state index is 12.3. The van der Waals surface area contributed by atoms with E-state index in [-0.39, 0.29) is 18.4 Å². The number of hydrogen-bond donors (Lipinski definition) is 2. The Labute approximate surface area is 161 Å². The molecule has 0 spiro atoms. The topological polar surface area (TPSA) is 109 Å². The van der Waals surface area contributed by atoms with Crippen LogP contribution in [-0.4, -0.2) is 51.8 Å². The molecule has 144 valence electrons. The van der Waals surface area contributed by atoms with Gasteiger partial charge in [-0.1, -0.05) is 16.8 Å². The van der Waals surface area contributed by atoms with Gasteiger partial charge in [0.05, 0.1) is 5.92 Å². The fourth-order valence-electron chi connectivity index (χ4n) is 3.03. The number of aromatic nitrogens is 2. The average Bonchev–Trinajstić information content (AvgIpc) is 3.16. The van der Waals surface area contributed by atoms with Gasteiger partial charge in [0, 0.05) is 36.6 Å². The standard InChI is InChI=1S/C18H21ClN4O4/c19-14-7-5-12(6-8-14)16-21-17(27-22-16)13-3-2-10-23(11-13)18(26)20-9-1-4-15(24)25/h5-8,13H,1-4,9-11H2,(H,20,26)(H,24,25). The van der Waals surface area contributed by atoms with Gasteiger partial charge in [0.2, 0.25) is 11.7 Å². The van der Waals surface area contributed by atoms with Gasteiger partial charge < -0.3 is 19.8 Å². The molecule has 1 atom stereocenters. The Bertz CT molecular complexity index is 793. The lowest BCUT2D eigenvalue weighted by molar-refractivity contribution is -0.137. The highest BCUT2D eigenvalue weighted by atomic mass is 35.5. The van der Waals surface area contributed by atoms with E-state index in [1.807, 2.05) is 12.1 Å². The Morgan fingerprint density at radius 3 is 2.85 bits per heavy atom. The number of carboxylic acids is 1. The molecule has 27 heavy (non-hydrogen) atoms. The van der Waals surface area contributed by atoms with Crippen LogP contribution in [0.5, 0.6) is 0 Å². The Hall–Kier alpha value is -2.61. The molecule has 3 rings (SSSR count). The number of amides is 2. The van der Waals surface area contributed by atoms with Crippen molar-refractivity contribution in [3.05, 3.63) is 35.2 Å². The third-order valence-corrected chi connectivity index (χ3v) is 4.70. The lowest BCUT2D eigenvalue weighted by atomic mass is 9.98. The van der Waals surface area contributed by atoms with Crippen LogP contribution in [0.2, 0.25) is 5.02 Å². The number of aliphatic carboxylic acids is 1. The number of halogens is 1. The molecule has 1 aliphatic rings. The lowest BCUT2D eigenvalue weighted by Crippen LogP contribution is -2.45. The fourth-order valence-corrected chi connectivity index (χ4v) is 3.15. The second-order valence-corrected chi connectivity index (χ2v) is 6.91. The second kappa shape index (κ2) is 8.85. The fraction of sp³-hybridized carbons (Fsp3) is 0.444. The molecule has 1 aliphatic heterocycles. The summed E-state index contributed by atoms with van der Waals surface area (Å²) in [6.45, 7) is 1.49. The summed E-state index contributed by atoms with van der Waals surface area (Å²) in [5.41, 5.74) is 0.818. The minimum Gasteiger partial charge on any atom is -0.481 e. The van der Waals surface area contributed by atoms with Gasteiger partial charge in [-0.2, -0.15) is 4.98 Å². The molecule has 2 N–H and O–H groups in total. The highest BCUT2D eigenvalue weighted by Crippen LogP contribution is 2.28. The molecule has 1 fully saturated rings. The van der Waals surface area contributed by atoms with Crippen LogP contribution in [0.3, 0.4) is 0 Å². The summed E-state index contributed by atoms with van der Waals surface area (Å²) < 4.78 is 5.42. The summed E-state index contributed by atoms with van der Waals surface area (Å²) in [6, 6.07) is 7.00. The van der Waals surface area contributed by atoms with E-state index >= 15 is 0 Å². The summed E-state index contributed by atoms with van der Waals surface area (Å²) in [4.78, 5) is 29.0. The molecule has 9 heteroatoms. The number of urea groups is 1. The first kappa shape index (κ1) is 19.2. The summed E-state index contributed by atoms with van der Waals surface area (Å²) in [6.07, 6.45) is 2.15. The molecule has 2 heterocycles. The Kier molecular flexibility index (Phi) is 6.28. The molecule has 1 aromatic heterocycles. The van der Waals surface area contributed by atoms with E-state index in [4.69, 9.17) is 21.2 Å². The Balaban J connectivity index is 1.57. The van der Waals surface area contributed by atoms with Crippen LogP contribution in [0.25, 0.3) is 11.4 Å². The first-order valence-corrected chi connectivity index (χ1v) is 9.25. The molecule has 1 unspecified atom stereocenters. The van der Waals surface area contributed by atoms with Crippen LogP contribution in [0, 0.1) is 0 Å². The predicted molar refractivity (Wildman–Crippen MR) is 98.6 cm³/mol. The van der Waals surface area contributed by atoms with E-state index in [9.17, 15) is 9.59 Å². The van der Waals surface area contributed by atoms with Crippen molar-refractivity contribution < 1.29 is 19.2 Å². The number of nitrogens with one attached hydrogen (secondary N) is 1. The molecule has 1 aromatic carbocycles. The van der Waals surface area contributed by atoms with Gasteiger partial charge in [0.15, 0.2) is 0 Å². The SMILES string of the molecule is O=C(O)CCCNC(=O)N1CCCC(c2nc(-c3ccc(Cl)cc3)no2)C1. The van der Waals surface area contributed by atoms with Gasteiger partial charge >= 0.3 is 12.0 Å². The summed E-state index contributed by atoms with van der Waals surface area (Å²) in [7, 11) is 0. The molecule has 2 aromatic rings. The van der Waals surface area contributed by atoms with E-state index < -0.39 is 5.97 Å². The minimum absolute atomic E-state index is 0.0166. The first-order valence-electron chi connectivity index (χ1n) is 8.87. The normalized spacial score (nSPS) is 16.9. The van der Waals surface area contributed by atoms with Gasteiger partial charge in [0.25, 0.3) is 0 Å². The number of carbonyl (C=O) groups excluding carboxylic acids is 1. The number of piperidine rings is 1. The smallest absolute Gasteiger partial charge is 0.317 e. The number of carbonyl (C=O) groups is 2. The zero-order valence-electron chi connectivity index (χ0n) is 14.7. The Morgan fingerprint density at radius 1 is 1.33 bits per heavy atom. The third-order valence-electron chi connectivity index (χ3n) is 4.45. The monoisotopic (exact) mass is 392 g/mol. The summed E-state index contributed by atoms with van der Waals surface area (Å²) in [5, 5.41) is 16.1. The molecular weight excluding hydrogens is 372 g/mol. The van der Waals surface area contributed by atoms with Crippen LogP contribution in [0.1, 0.15) is 37.5 Å². The average molecular weight is 393 g/mol. The van der Waals surface area contributed by atoms with Crippen LogP contribution in [0.4, 0.5) is 4.79 Å². The largest absolute Gasteiger partial charge is 0.481 e. The van der Waals surface area contributed by atoms with E-state index in [0.717, 1.165) is 18.4 Å². The number of benzene rings is 1. The van der Waals surface area contributed by atoms with E-state index in [2.05, 4.69) is 15.5 Å². The zero-order valence-corrected chi connectivity index (χ0v) is 15.5. The lowest BCUT2D eigenvalue weighted by Gasteiger charge is -2.31. The summed E-state index contributed by atoms with van der Waals surface area (Å²) >= 11 is 5.90. The van der Waals surface area contributed by atoms with Crippen molar-refractivity contribution in [1.82, 2.24) is 20.4 Å².